The van der Waals surface area contributed by atoms with Gasteiger partial charge in [0.15, 0.2) is 0 Å². The molecule has 108 valence electrons. The number of amides is 2. The highest BCUT2D eigenvalue weighted by Crippen LogP contribution is 2.20. The molecule has 2 rings (SSSR count). The second-order valence-electron chi connectivity index (χ2n) is 4.55. The molecule has 1 aromatic heterocycles. The van der Waals surface area contributed by atoms with Crippen LogP contribution in [0, 0.1) is 0 Å². The summed E-state index contributed by atoms with van der Waals surface area (Å²) in [4.78, 5) is 11.6. The maximum atomic E-state index is 11.6. The Kier molecular flexibility index (Phi) is 4.60. The first-order valence-corrected chi connectivity index (χ1v) is 6.56. The summed E-state index contributed by atoms with van der Waals surface area (Å²) in [6, 6.07) is 7.29. The van der Waals surface area contributed by atoms with Crippen LogP contribution in [-0.2, 0) is 6.54 Å². The SMILES string of the molecule is CCn1ccc2ccc(NC(=O)NCC(O)CO)cc21. The number of aliphatic hydroxyl groups excluding tert-OH is 2. The molecule has 4 N–H and O–H groups in total. The topological polar surface area (TPSA) is 86.5 Å². The number of hydrogen-bond donors (Lipinski definition) is 4. The zero-order valence-corrected chi connectivity index (χ0v) is 11.3. The van der Waals surface area contributed by atoms with Gasteiger partial charge < -0.3 is 25.4 Å². The summed E-state index contributed by atoms with van der Waals surface area (Å²) >= 11 is 0. The van der Waals surface area contributed by atoms with E-state index in [0.717, 1.165) is 17.4 Å². The molecule has 1 heterocycles. The number of anilines is 1. The minimum Gasteiger partial charge on any atom is -0.394 e. The number of benzene rings is 1. The molecule has 2 amide bonds. The van der Waals surface area contributed by atoms with Crippen molar-refractivity contribution in [1.82, 2.24) is 9.88 Å². The molecule has 0 aliphatic carbocycles. The minimum absolute atomic E-state index is 0.00984. The maximum absolute atomic E-state index is 11.6. The number of fused-ring (bicyclic) bond motifs is 1. The fraction of sp³-hybridized carbons (Fsp3) is 0.357. The Bertz CT molecular complexity index is 594. The van der Waals surface area contributed by atoms with E-state index in [9.17, 15) is 4.79 Å². The normalized spacial score (nSPS) is 12.3. The first-order valence-electron chi connectivity index (χ1n) is 6.56. The third-order valence-corrected chi connectivity index (χ3v) is 3.08. The molecule has 0 saturated carbocycles. The highest BCUT2D eigenvalue weighted by Gasteiger charge is 2.07. The summed E-state index contributed by atoms with van der Waals surface area (Å²) in [5.74, 6) is 0. The average Bonchev–Trinajstić information content (AvgIpc) is 2.87. The van der Waals surface area contributed by atoms with E-state index in [1.807, 2.05) is 30.5 Å². The number of aliphatic hydroxyl groups is 2. The molecular weight excluding hydrogens is 258 g/mol. The van der Waals surface area contributed by atoms with E-state index in [4.69, 9.17) is 10.2 Å². The maximum Gasteiger partial charge on any atom is 0.319 e. The van der Waals surface area contributed by atoms with E-state index in [1.54, 1.807) is 0 Å². The van der Waals surface area contributed by atoms with Crippen LogP contribution in [0.25, 0.3) is 10.9 Å². The van der Waals surface area contributed by atoms with Crippen LogP contribution < -0.4 is 10.6 Å². The number of rotatable bonds is 5. The third kappa shape index (κ3) is 3.28. The Labute approximate surface area is 117 Å². The molecule has 2 aromatic rings. The number of aryl methyl sites for hydroxylation is 1. The van der Waals surface area contributed by atoms with Crippen molar-refractivity contribution in [3.63, 3.8) is 0 Å². The van der Waals surface area contributed by atoms with Gasteiger partial charge in [0, 0.05) is 25.0 Å². The predicted octanol–water partition coefficient (Wildman–Crippen LogP) is 1.14. The molecule has 0 spiro atoms. The summed E-state index contributed by atoms with van der Waals surface area (Å²) < 4.78 is 2.09. The summed E-state index contributed by atoms with van der Waals surface area (Å²) in [5, 5.41) is 24.1. The first kappa shape index (κ1) is 14.4. The monoisotopic (exact) mass is 277 g/mol. The Balaban J connectivity index is 2.04. The number of carbonyl (C=O) groups is 1. The van der Waals surface area contributed by atoms with Gasteiger partial charge in [-0.25, -0.2) is 4.79 Å². The van der Waals surface area contributed by atoms with Crippen LogP contribution >= 0.6 is 0 Å². The van der Waals surface area contributed by atoms with Crippen molar-refractivity contribution in [1.29, 1.82) is 0 Å². The van der Waals surface area contributed by atoms with Crippen molar-refractivity contribution in [3.05, 3.63) is 30.5 Å². The molecule has 1 aromatic carbocycles. The largest absolute Gasteiger partial charge is 0.394 e. The van der Waals surface area contributed by atoms with Gasteiger partial charge in [-0.05, 0) is 30.5 Å². The van der Waals surface area contributed by atoms with Crippen LogP contribution in [0.3, 0.4) is 0 Å². The lowest BCUT2D eigenvalue weighted by atomic mass is 10.2. The number of nitrogens with one attached hydrogen (secondary N) is 2. The molecule has 0 aliphatic heterocycles. The van der Waals surface area contributed by atoms with Crippen LogP contribution in [0.4, 0.5) is 10.5 Å². The van der Waals surface area contributed by atoms with Crippen molar-refractivity contribution in [2.24, 2.45) is 0 Å². The number of hydrogen-bond acceptors (Lipinski definition) is 3. The summed E-state index contributed by atoms with van der Waals surface area (Å²) in [6.45, 7) is 2.55. The zero-order valence-electron chi connectivity index (χ0n) is 11.3. The van der Waals surface area contributed by atoms with Gasteiger partial charge in [0.25, 0.3) is 0 Å². The Morgan fingerprint density at radius 1 is 1.40 bits per heavy atom. The second-order valence-corrected chi connectivity index (χ2v) is 4.55. The van der Waals surface area contributed by atoms with Crippen molar-refractivity contribution < 1.29 is 15.0 Å². The van der Waals surface area contributed by atoms with Gasteiger partial charge in [0.2, 0.25) is 0 Å². The molecule has 20 heavy (non-hydrogen) atoms. The molecule has 0 saturated heterocycles. The molecule has 6 nitrogen and oxygen atoms in total. The Hall–Kier alpha value is -2.05. The Morgan fingerprint density at radius 2 is 2.20 bits per heavy atom. The van der Waals surface area contributed by atoms with Crippen LogP contribution in [0.1, 0.15) is 6.92 Å². The molecule has 0 fully saturated rings. The summed E-state index contributed by atoms with van der Waals surface area (Å²) in [6.07, 6.45) is 1.06. The lowest BCUT2D eigenvalue weighted by molar-refractivity contribution is 0.0965. The fourth-order valence-corrected chi connectivity index (χ4v) is 1.99. The van der Waals surface area contributed by atoms with Gasteiger partial charge >= 0.3 is 6.03 Å². The molecular formula is C14H19N3O3. The third-order valence-electron chi connectivity index (χ3n) is 3.08. The van der Waals surface area contributed by atoms with Gasteiger partial charge in [0.05, 0.1) is 18.2 Å². The number of carbonyl (C=O) groups excluding carboxylic acids is 1. The predicted molar refractivity (Wildman–Crippen MR) is 77.7 cm³/mol. The number of aromatic nitrogens is 1. The Morgan fingerprint density at radius 3 is 2.90 bits per heavy atom. The quantitative estimate of drug-likeness (QED) is 0.661. The minimum atomic E-state index is -0.944. The molecule has 1 atom stereocenters. The average molecular weight is 277 g/mol. The zero-order chi connectivity index (χ0) is 14.5. The van der Waals surface area contributed by atoms with E-state index in [1.165, 1.54) is 0 Å². The van der Waals surface area contributed by atoms with E-state index in [0.29, 0.717) is 5.69 Å². The highest BCUT2D eigenvalue weighted by atomic mass is 16.3. The fourth-order valence-electron chi connectivity index (χ4n) is 1.99. The van der Waals surface area contributed by atoms with E-state index in [2.05, 4.69) is 22.1 Å². The van der Waals surface area contributed by atoms with Crippen molar-refractivity contribution in [2.75, 3.05) is 18.5 Å². The lowest BCUT2D eigenvalue weighted by Gasteiger charge is -2.11. The highest BCUT2D eigenvalue weighted by molar-refractivity contribution is 5.92. The van der Waals surface area contributed by atoms with Gasteiger partial charge in [-0.2, -0.15) is 0 Å². The first-order chi connectivity index (χ1) is 9.63. The van der Waals surface area contributed by atoms with Crippen LogP contribution in [-0.4, -0.2) is 40.1 Å². The standard InChI is InChI=1S/C14H19N3O3/c1-2-17-6-5-10-3-4-11(7-13(10)17)16-14(20)15-8-12(19)9-18/h3-7,12,18-19H,2,8-9H2,1H3,(H2,15,16,20). The van der Waals surface area contributed by atoms with Gasteiger partial charge in [0.1, 0.15) is 0 Å². The second kappa shape index (κ2) is 6.40. The molecule has 0 aliphatic rings. The van der Waals surface area contributed by atoms with Gasteiger partial charge in [-0.1, -0.05) is 6.07 Å². The van der Waals surface area contributed by atoms with Crippen LogP contribution in [0.2, 0.25) is 0 Å². The van der Waals surface area contributed by atoms with Crippen molar-refractivity contribution in [2.45, 2.75) is 19.6 Å². The van der Waals surface area contributed by atoms with E-state index in [-0.39, 0.29) is 13.2 Å². The lowest BCUT2D eigenvalue weighted by Crippen LogP contribution is -2.36. The van der Waals surface area contributed by atoms with E-state index < -0.39 is 12.1 Å². The molecule has 0 bridgehead atoms. The van der Waals surface area contributed by atoms with Crippen molar-refractivity contribution >= 4 is 22.6 Å². The molecule has 1 unspecified atom stereocenters. The van der Waals surface area contributed by atoms with Crippen molar-refractivity contribution in [3.8, 4) is 0 Å². The summed E-state index contributed by atoms with van der Waals surface area (Å²) in [7, 11) is 0. The number of nitrogens with zero attached hydrogens (tertiary/aromatic N) is 1. The number of urea groups is 1. The van der Waals surface area contributed by atoms with Crippen LogP contribution in [0.5, 0.6) is 0 Å². The van der Waals surface area contributed by atoms with Gasteiger partial charge in [-0.15, -0.1) is 0 Å². The summed E-state index contributed by atoms with van der Waals surface area (Å²) in [5.41, 5.74) is 1.74. The van der Waals surface area contributed by atoms with E-state index >= 15 is 0 Å². The van der Waals surface area contributed by atoms with Gasteiger partial charge in [-0.3, -0.25) is 0 Å². The smallest absolute Gasteiger partial charge is 0.319 e. The van der Waals surface area contributed by atoms with Crippen LogP contribution in [0.15, 0.2) is 30.5 Å². The molecule has 0 radical (unpaired) electrons. The molecule has 6 heteroatoms.